The van der Waals surface area contributed by atoms with Crippen LogP contribution in [0.25, 0.3) is 10.2 Å². The lowest BCUT2D eigenvalue weighted by atomic mass is 10.3. The Bertz CT molecular complexity index is 455. The second kappa shape index (κ2) is 3.49. The van der Waals surface area contributed by atoms with E-state index in [1.54, 1.807) is 6.07 Å². The molecule has 2 aromatic rings. The molecule has 14 heavy (non-hydrogen) atoms. The highest BCUT2D eigenvalue weighted by atomic mass is 32.1. The molecular weight excluding hydrogens is 208 g/mol. The van der Waals surface area contributed by atoms with Crippen LogP contribution in [-0.2, 0) is 0 Å². The van der Waals surface area contributed by atoms with Crippen molar-refractivity contribution >= 4 is 21.6 Å². The van der Waals surface area contributed by atoms with E-state index in [9.17, 15) is 8.78 Å². The van der Waals surface area contributed by atoms with Crippen molar-refractivity contribution in [3.05, 3.63) is 23.2 Å². The van der Waals surface area contributed by atoms with Gasteiger partial charge in [-0.25, -0.2) is 4.98 Å². The highest BCUT2D eigenvalue weighted by molar-refractivity contribution is 7.18. The molecule has 0 saturated carbocycles. The van der Waals surface area contributed by atoms with Gasteiger partial charge in [0.25, 0.3) is 0 Å². The Morgan fingerprint density at radius 2 is 2.21 bits per heavy atom. The fourth-order valence-corrected chi connectivity index (χ4v) is 2.07. The molecule has 0 aliphatic carbocycles. The van der Waals surface area contributed by atoms with Crippen LogP contribution in [0.5, 0.6) is 5.75 Å². The predicted molar refractivity (Wildman–Crippen MR) is 51.0 cm³/mol. The zero-order chi connectivity index (χ0) is 10.1. The van der Waals surface area contributed by atoms with Gasteiger partial charge in [-0.1, -0.05) is 6.07 Å². The Morgan fingerprint density at radius 1 is 1.43 bits per heavy atom. The van der Waals surface area contributed by atoms with Crippen LogP contribution in [-0.4, -0.2) is 11.6 Å². The molecule has 0 radical (unpaired) electrons. The van der Waals surface area contributed by atoms with E-state index in [1.807, 2.05) is 13.0 Å². The number of halogens is 2. The molecule has 2 nitrogen and oxygen atoms in total. The number of thiazole rings is 1. The maximum Gasteiger partial charge on any atom is 0.387 e. The van der Waals surface area contributed by atoms with Crippen molar-refractivity contribution in [1.82, 2.24) is 4.98 Å². The average molecular weight is 215 g/mol. The summed E-state index contributed by atoms with van der Waals surface area (Å²) < 4.78 is 29.2. The van der Waals surface area contributed by atoms with E-state index in [0.29, 0.717) is 5.52 Å². The van der Waals surface area contributed by atoms with E-state index < -0.39 is 6.61 Å². The summed E-state index contributed by atoms with van der Waals surface area (Å²) in [5.41, 5.74) is 0.510. The molecule has 0 spiro atoms. The van der Waals surface area contributed by atoms with E-state index >= 15 is 0 Å². The number of rotatable bonds is 2. The third-order valence-corrected chi connectivity index (χ3v) is 2.64. The Morgan fingerprint density at radius 3 is 2.93 bits per heavy atom. The molecule has 0 aliphatic rings. The Kier molecular flexibility index (Phi) is 2.33. The summed E-state index contributed by atoms with van der Waals surface area (Å²) in [5, 5.41) is 0.838. The van der Waals surface area contributed by atoms with E-state index in [2.05, 4.69) is 9.72 Å². The van der Waals surface area contributed by atoms with Gasteiger partial charge in [0.15, 0.2) is 5.75 Å². The average Bonchev–Trinajstić information content (AvgIpc) is 2.45. The van der Waals surface area contributed by atoms with Gasteiger partial charge in [-0.2, -0.15) is 8.78 Å². The summed E-state index contributed by atoms with van der Waals surface area (Å²) in [6.07, 6.45) is 0. The zero-order valence-corrected chi connectivity index (χ0v) is 8.15. The lowest BCUT2D eigenvalue weighted by molar-refractivity contribution is -0.0489. The van der Waals surface area contributed by atoms with Gasteiger partial charge in [0.05, 0.1) is 9.71 Å². The topological polar surface area (TPSA) is 22.1 Å². The van der Waals surface area contributed by atoms with Gasteiger partial charge in [0.1, 0.15) is 5.52 Å². The Balaban J connectivity index is 2.53. The van der Waals surface area contributed by atoms with Crippen LogP contribution in [0.15, 0.2) is 18.2 Å². The molecule has 0 N–H and O–H groups in total. The summed E-state index contributed by atoms with van der Waals surface area (Å²) in [6, 6.07) is 5.00. The first-order valence-electron chi connectivity index (χ1n) is 3.98. The van der Waals surface area contributed by atoms with E-state index in [1.165, 1.54) is 17.4 Å². The van der Waals surface area contributed by atoms with Crippen molar-refractivity contribution in [2.24, 2.45) is 0 Å². The highest BCUT2D eigenvalue weighted by Gasteiger charge is 2.10. The number of alkyl halides is 2. The van der Waals surface area contributed by atoms with Crippen molar-refractivity contribution in [2.75, 3.05) is 0 Å². The number of ether oxygens (including phenoxy) is 1. The highest BCUT2D eigenvalue weighted by Crippen LogP contribution is 2.30. The molecule has 1 heterocycles. The number of nitrogens with zero attached hydrogens (tertiary/aromatic N) is 1. The van der Waals surface area contributed by atoms with Crippen molar-refractivity contribution in [3.63, 3.8) is 0 Å². The molecular formula is C9H7F2NOS. The summed E-state index contributed by atoms with van der Waals surface area (Å²) in [4.78, 5) is 4.13. The maximum atomic E-state index is 12.0. The molecule has 0 aliphatic heterocycles. The molecule has 1 aromatic heterocycles. The molecule has 0 saturated heterocycles. The van der Waals surface area contributed by atoms with Crippen LogP contribution in [0, 0.1) is 6.92 Å². The molecule has 0 bridgehead atoms. The monoisotopic (exact) mass is 215 g/mol. The van der Waals surface area contributed by atoms with Gasteiger partial charge >= 0.3 is 6.61 Å². The number of benzene rings is 1. The molecule has 5 heteroatoms. The van der Waals surface area contributed by atoms with Crippen molar-refractivity contribution in [2.45, 2.75) is 13.5 Å². The van der Waals surface area contributed by atoms with Crippen LogP contribution in [0.4, 0.5) is 8.78 Å². The lowest BCUT2D eigenvalue weighted by Gasteiger charge is -2.03. The van der Waals surface area contributed by atoms with E-state index in [0.717, 1.165) is 9.71 Å². The van der Waals surface area contributed by atoms with Gasteiger partial charge in [-0.05, 0) is 19.1 Å². The molecule has 0 atom stereocenters. The Hall–Kier alpha value is -1.23. The first-order chi connectivity index (χ1) is 6.66. The predicted octanol–water partition coefficient (Wildman–Crippen LogP) is 3.21. The van der Waals surface area contributed by atoms with E-state index in [-0.39, 0.29) is 5.75 Å². The Labute approximate surface area is 83.1 Å². The number of aryl methyl sites for hydroxylation is 1. The van der Waals surface area contributed by atoms with Gasteiger partial charge in [-0.15, -0.1) is 11.3 Å². The lowest BCUT2D eigenvalue weighted by Crippen LogP contribution is -2.02. The standard InChI is InChI=1S/C9H7F2NOS/c1-5-12-8-6(13-9(10)11)3-2-4-7(8)14-5/h2-4,9H,1H3. The number of fused-ring (bicyclic) bond motifs is 1. The minimum atomic E-state index is -2.80. The second-order valence-electron chi connectivity index (χ2n) is 2.71. The third-order valence-electron chi connectivity index (χ3n) is 1.70. The fourth-order valence-electron chi connectivity index (χ4n) is 1.23. The molecule has 0 fully saturated rings. The zero-order valence-electron chi connectivity index (χ0n) is 7.33. The smallest absolute Gasteiger partial charge is 0.387 e. The van der Waals surface area contributed by atoms with Gasteiger partial charge in [0.2, 0.25) is 0 Å². The number of aromatic nitrogens is 1. The number of para-hydroxylation sites is 1. The summed E-state index contributed by atoms with van der Waals surface area (Å²) in [5.74, 6) is 0.141. The number of hydrogen-bond acceptors (Lipinski definition) is 3. The number of hydrogen-bond donors (Lipinski definition) is 0. The van der Waals surface area contributed by atoms with Crippen molar-refractivity contribution in [3.8, 4) is 5.75 Å². The normalized spacial score (nSPS) is 11.1. The van der Waals surface area contributed by atoms with Gasteiger partial charge in [-0.3, -0.25) is 0 Å². The summed E-state index contributed by atoms with van der Waals surface area (Å²) >= 11 is 1.46. The molecule has 0 unspecified atom stereocenters. The van der Waals surface area contributed by atoms with Crippen LogP contribution >= 0.6 is 11.3 Å². The van der Waals surface area contributed by atoms with Crippen molar-refractivity contribution in [1.29, 1.82) is 0 Å². The van der Waals surface area contributed by atoms with Crippen LogP contribution in [0.1, 0.15) is 5.01 Å². The second-order valence-corrected chi connectivity index (χ2v) is 3.95. The minimum Gasteiger partial charge on any atom is -0.432 e. The van der Waals surface area contributed by atoms with Crippen LogP contribution in [0.3, 0.4) is 0 Å². The molecule has 2 rings (SSSR count). The molecule has 0 amide bonds. The maximum absolute atomic E-state index is 12.0. The fraction of sp³-hybridized carbons (Fsp3) is 0.222. The summed E-state index contributed by atoms with van der Waals surface area (Å²) in [7, 11) is 0. The molecule has 1 aromatic carbocycles. The third kappa shape index (κ3) is 1.68. The molecule has 74 valence electrons. The first-order valence-corrected chi connectivity index (χ1v) is 4.79. The first kappa shape index (κ1) is 9.33. The summed E-state index contributed by atoms with van der Waals surface area (Å²) in [6.45, 7) is -0.973. The van der Waals surface area contributed by atoms with Gasteiger partial charge in [0, 0.05) is 0 Å². The largest absolute Gasteiger partial charge is 0.432 e. The van der Waals surface area contributed by atoms with E-state index in [4.69, 9.17) is 0 Å². The quantitative estimate of drug-likeness (QED) is 0.767. The van der Waals surface area contributed by atoms with Gasteiger partial charge < -0.3 is 4.74 Å². The SMILES string of the molecule is Cc1nc2c(OC(F)F)cccc2s1. The minimum absolute atomic E-state index is 0.141. The van der Waals surface area contributed by atoms with Crippen LogP contribution < -0.4 is 4.74 Å². The van der Waals surface area contributed by atoms with Crippen LogP contribution in [0.2, 0.25) is 0 Å². The van der Waals surface area contributed by atoms with Crippen molar-refractivity contribution < 1.29 is 13.5 Å².